The van der Waals surface area contributed by atoms with Gasteiger partial charge in [0.25, 0.3) is 11.8 Å². The minimum absolute atomic E-state index is 0.0180. The number of benzene rings is 2. The molecule has 7 nitrogen and oxygen atoms in total. The second-order valence-corrected chi connectivity index (χ2v) is 6.28. The van der Waals surface area contributed by atoms with Gasteiger partial charge in [-0.05, 0) is 26.0 Å². The maximum absolute atomic E-state index is 14.2. The highest BCUT2D eigenvalue weighted by Gasteiger charge is 2.63. The number of ether oxygens (including phenoxy) is 3. The van der Waals surface area contributed by atoms with E-state index >= 15 is 0 Å². The van der Waals surface area contributed by atoms with Crippen LogP contribution in [0.25, 0.3) is 0 Å². The molecule has 2 N–H and O–H groups in total. The van der Waals surface area contributed by atoms with Crippen LogP contribution in [0.5, 0.6) is 11.5 Å². The molecule has 1 unspecified atom stereocenters. The van der Waals surface area contributed by atoms with E-state index in [0.29, 0.717) is 12.7 Å². The summed E-state index contributed by atoms with van der Waals surface area (Å²) in [6.45, 7) is 3.42. The molecule has 2 aromatic carbocycles. The lowest BCUT2D eigenvalue weighted by atomic mass is 10.1. The molecule has 1 atom stereocenters. The number of hydrogen-bond donors (Lipinski definition) is 2. The number of hydrogen-bond acceptors (Lipinski definition) is 5. The molecule has 0 heterocycles. The Labute approximate surface area is 181 Å². The van der Waals surface area contributed by atoms with E-state index in [0.717, 1.165) is 6.07 Å². The highest BCUT2D eigenvalue weighted by atomic mass is 19.4. The van der Waals surface area contributed by atoms with Crippen LogP contribution in [-0.4, -0.2) is 44.2 Å². The normalized spacial score (nSPS) is 13.1. The topological polar surface area (TPSA) is 85.9 Å². The predicted octanol–water partition coefficient (Wildman–Crippen LogP) is 4.55. The maximum atomic E-state index is 14.2. The molecule has 174 valence electrons. The zero-order valence-electron chi connectivity index (χ0n) is 17.5. The third-order valence-corrected chi connectivity index (χ3v) is 4.15. The Kier molecular flexibility index (Phi) is 8.03. The maximum Gasteiger partial charge on any atom is 0.458 e. The average molecular weight is 458 g/mol. The summed E-state index contributed by atoms with van der Waals surface area (Å²) in [5, 5.41) is 4.45. The summed E-state index contributed by atoms with van der Waals surface area (Å²) < 4.78 is 67.9. The van der Waals surface area contributed by atoms with Gasteiger partial charge in [-0.25, -0.2) is 0 Å². The number of rotatable bonds is 9. The first-order valence-corrected chi connectivity index (χ1v) is 9.49. The fraction of sp³-hybridized carbons (Fsp3) is 0.333. The lowest BCUT2D eigenvalue weighted by Crippen LogP contribution is -2.52. The Hall–Kier alpha value is -3.34. The van der Waals surface area contributed by atoms with E-state index in [-0.39, 0.29) is 36.1 Å². The van der Waals surface area contributed by atoms with Crippen LogP contribution in [0.2, 0.25) is 0 Å². The molecule has 0 aliphatic carbocycles. The van der Waals surface area contributed by atoms with E-state index in [4.69, 9.17) is 9.47 Å². The summed E-state index contributed by atoms with van der Waals surface area (Å²) in [5.74, 6) is -7.26. The van der Waals surface area contributed by atoms with Crippen molar-refractivity contribution in [3.05, 3.63) is 48.0 Å². The molecule has 2 rings (SSSR count). The van der Waals surface area contributed by atoms with Crippen molar-refractivity contribution in [2.45, 2.75) is 25.9 Å². The largest absolute Gasteiger partial charge is 0.492 e. The Morgan fingerprint density at radius 3 is 1.81 bits per heavy atom. The molecule has 0 saturated carbocycles. The van der Waals surface area contributed by atoms with Gasteiger partial charge >= 0.3 is 12.0 Å². The number of nitrogens with one attached hydrogen (secondary N) is 2. The van der Waals surface area contributed by atoms with Crippen molar-refractivity contribution < 1.29 is 41.4 Å². The van der Waals surface area contributed by atoms with E-state index in [1.54, 1.807) is 44.2 Å². The average Bonchev–Trinajstić information content (AvgIpc) is 2.75. The van der Waals surface area contributed by atoms with Crippen molar-refractivity contribution >= 4 is 23.2 Å². The molecule has 0 fully saturated rings. The Bertz CT molecular complexity index is 953. The molecule has 0 saturated heterocycles. The molecule has 32 heavy (non-hydrogen) atoms. The first kappa shape index (κ1) is 24.9. The quantitative estimate of drug-likeness (QED) is 0.539. The van der Waals surface area contributed by atoms with Gasteiger partial charge in [-0.3, -0.25) is 9.59 Å². The van der Waals surface area contributed by atoms with Crippen LogP contribution in [0.15, 0.2) is 42.5 Å². The summed E-state index contributed by atoms with van der Waals surface area (Å²) in [6.07, 6.45) is -5.62. The first-order valence-electron chi connectivity index (χ1n) is 9.49. The van der Waals surface area contributed by atoms with Crippen LogP contribution in [0.3, 0.4) is 0 Å². The van der Waals surface area contributed by atoms with Crippen molar-refractivity contribution in [3.8, 4) is 11.5 Å². The molecular formula is C21H22F4N2O5. The number of carbonyl (C=O) groups excluding carboxylic acids is 2. The summed E-state index contributed by atoms with van der Waals surface area (Å²) in [4.78, 5) is 24.6. The molecule has 0 bridgehead atoms. The molecule has 0 aliphatic rings. The van der Waals surface area contributed by atoms with Gasteiger partial charge in [0, 0.05) is 24.8 Å². The highest BCUT2D eigenvalue weighted by Crippen LogP contribution is 2.40. The van der Waals surface area contributed by atoms with E-state index in [1.807, 2.05) is 5.32 Å². The highest BCUT2D eigenvalue weighted by molar-refractivity contribution is 6.06. The van der Waals surface area contributed by atoms with Crippen LogP contribution in [-0.2, 0) is 9.53 Å². The molecule has 0 aliphatic heterocycles. The van der Waals surface area contributed by atoms with Crippen LogP contribution in [0.4, 0.5) is 28.9 Å². The fourth-order valence-corrected chi connectivity index (χ4v) is 2.63. The van der Waals surface area contributed by atoms with Crippen molar-refractivity contribution in [2.75, 3.05) is 31.0 Å². The summed E-state index contributed by atoms with van der Waals surface area (Å²) >= 11 is 0. The zero-order chi connectivity index (χ0) is 23.9. The minimum atomic E-state index is -5.62. The van der Waals surface area contributed by atoms with Crippen LogP contribution < -0.4 is 20.1 Å². The smallest absolute Gasteiger partial charge is 0.458 e. The summed E-state index contributed by atoms with van der Waals surface area (Å²) in [6, 6.07) is 10.6. The van der Waals surface area contributed by atoms with Gasteiger partial charge < -0.3 is 24.8 Å². The van der Waals surface area contributed by atoms with Gasteiger partial charge in [0.2, 0.25) is 0 Å². The lowest BCUT2D eigenvalue weighted by molar-refractivity contribution is -0.305. The second-order valence-electron chi connectivity index (χ2n) is 6.28. The zero-order valence-corrected chi connectivity index (χ0v) is 17.5. The third-order valence-electron chi connectivity index (χ3n) is 4.15. The number of anilines is 2. The molecule has 2 amide bonds. The number of carbonyl (C=O) groups is 2. The second kappa shape index (κ2) is 10.3. The Morgan fingerprint density at radius 2 is 1.38 bits per heavy atom. The Balaban J connectivity index is 2.45. The molecule has 0 spiro atoms. The van der Waals surface area contributed by atoms with Gasteiger partial charge in [-0.2, -0.15) is 17.6 Å². The van der Waals surface area contributed by atoms with Crippen molar-refractivity contribution in [3.63, 3.8) is 0 Å². The van der Waals surface area contributed by atoms with Crippen LogP contribution in [0.1, 0.15) is 24.2 Å². The van der Waals surface area contributed by atoms with Gasteiger partial charge in [0.15, 0.2) is 0 Å². The third kappa shape index (κ3) is 5.47. The number of halogens is 4. The van der Waals surface area contributed by atoms with E-state index < -0.39 is 23.8 Å². The van der Waals surface area contributed by atoms with E-state index in [9.17, 15) is 27.2 Å². The molecule has 2 aromatic rings. The number of methoxy groups -OCH3 is 1. The van der Waals surface area contributed by atoms with Crippen LogP contribution in [0, 0.1) is 0 Å². The minimum Gasteiger partial charge on any atom is -0.492 e. The van der Waals surface area contributed by atoms with Gasteiger partial charge in [-0.1, -0.05) is 18.2 Å². The van der Waals surface area contributed by atoms with Crippen LogP contribution >= 0.6 is 0 Å². The standard InChI is InChI=1S/C21H22F4N2O5/c1-4-31-16-12-15(27-19(29)20(22,30-3)21(23,24)25)17(32-5-2)11-14(16)26-18(28)13-9-7-6-8-10-13/h6-12H,4-5H2,1-3H3,(H,26,28)(H,27,29). The molecule has 0 radical (unpaired) electrons. The number of amides is 2. The van der Waals surface area contributed by atoms with Gasteiger partial charge in [0.1, 0.15) is 11.5 Å². The molecule has 11 heteroatoms. The monoisotopic (exact) mass is 458 g/mol. The number of alkyl halides is 4. The summed E-state index contributed by atoms with van der Waals surface area (Å²) in [5.41, 5.74) is 0.176. The lowest BCUT2D eigenvalue weighted by Gasteiger charge is -2.25. The van der Waals surface area contributed by atoms with Gasteiger partial charge in [0.05, 0.1) is 24.6 Å². The molecular weight excluding hydrogens is 436 g/mol. The molecule has 0 aromatic heterocycles. The predicted molar refractivity (Wildman–Crippen MR) is 109 cm³/mol. The van der Waals surface area contributed by atoms with Crippen molar-refractivity contribution in [1.82, 2.24) is 0 Å². The summed E-state index contributed by atoms with van der Waals surface area (Å²) in [7, 11) is 0.421. The van der Waals surface area contributed by atoms with Crippen molar-refractivity contribution in [1.29, 1.82) is 0 Å². The van der Waals surface area contributed by atoms with Crippen molar-refractivity contribution in [2.24, 2.45) is 0 Å². The van der Waals surface area contributed by atoms with E-state index in [2.05, 4.69) is 10.1 Å². The van der Waals surface area contributed by atoms with E-state index in [1.165, 1.54) is 6.07 Å². The first-order chi connectivity index (χ1) is 15.1. The van der Waals surface area contributed by atoms with Gasteiger partial charge in [-0.15, -0.1) is 0 Å². The fourth-order valence-electron chi connectivity index (χ4n) is 2.63. The Morgan fingerprint density at radius 1 is 0.875 bits per heavy atom. The SMILES string of the molecule is CCOc1cc(NC(=O)C(F)(OC)C(F)(F)F)c(OCC)cc1NC(=O)c1ccccc1.